The maximum atomic E-state index is 12.2. The van der Waals surface area contributed by atoms with Crippen molar-refractivity contribution >= 4 is 28.8 Å². The van der Waals surface area contributed by atoms with Crippen molar-refractivity contribution in [2.24, 2.45) is 7.05 Å². The van der Waals surface area contributed by atoms with Gasteiger partial charge in [0.1, 0.15) is 5.82 Å². The fourth-order valence-corrected chi connectivity index (χ4v) is 3.98. The van der Waals surface area contributed by atoms with Gasteiger partial charge < -0.3 is 14.9 Å². The van der Waals surface area contributed by atoms with E-state index in [0.29, 0.717) is 21.3 Å². The molecule has 0 saturated heterocycles. The molecule has 6 nitrogen and oxygen atoms in total. The number of hydrogen-bond donors (Lipinski definition) is 2. The molecule has 1 amide bonds. The standard InChI is InChI=1S/C21H17ClN4O2S/c1-26-12-15(11-24-21(28)17-8-9-18(22)29-17)25-19(26)14-6-4-13(5-7-14)16-3-2-10-23-20(16)27/h2-10,12H,11H2,1H3,(H,23,27)(H,24,28). The molecular weight excluding hydrogens is 408 g/mol. The predicted molar refractivity (Wildman–Crippen MR) is 115 cm³/mol. The number of amides is 1. The van der Waals surface area contributed by atoms with E-state index in [1.807, 2.05) is 42.1 Å². The molecule has 0 unspecified atom stereocenters. The molecule has 3 aromatic heterocycles. The van der Waals surface area contributed by atoms with Crippen molar-refractivity contribution < 1.29 is 4.79 Å². The van der Waals surface area contributed by atoms with Crippen molar-refractivity contribution in [3.8, 4) is 22.5 Å². The Morgan fingerprint density at radius 1 is 1.17 bits per heavy atom. The van der Waals surface area contributed by atoms with Crippen LogP contribution in [-0.4, -0.2) is 20.4 Å². The van der Waals surface area contributed by atoms with Gasteiger partial charge in [0.05, 0.1) is 21.5 Å². The van der Waals surface area contributed by atoms with Crippen molar-refractivity contribution in [2.45, 2.75) is 6.54 Å². The van der Waals surface area contributed by atoms with E-state index in [0.717, 1.165) is 22.6 Å². The predicted octanol–water partition coefficient (Wildman–Crippen LogP) is 4.09. The third-order valence-electron chi connectivity index (χ3n) is 4.43. The van der Waals surface area contributed by atoms with Crippen molar-refractivity contribution in [1.29, 1.82) is 0 Å². The number of aromatic nitrogens is 3. The number of hydrogen-bond acceptors (Lipinski definition) is 4. The summed E-state index contributed by atoms with van der Waals surface area (Å²) in [6.07, 6.45) is 3.49. The molecule has 0 spiro atoms. The van der Waals surface area contributed by atoms with E-state index < -0.39 is 0 Å². The van der Waals surface area contributed by atoms with Crippen LogP contribution in [0.4, 0.5) is 0 Å². The highest BCUT2D eigenvalue weighted by molar-refractivity contribution is 7.17. The van der Waals surface area contributed by atoms with Crippen LogP contribution in [0.5, 0.6) is 0 Å². The summed E-state index contributed by atoms with van der Waals surface area (Å²) in [4.78, 5) is 32.0. The van der Waals surface area contributed by atoms with E-state index >= 15 is 0 Å². The number of benzene rings is 1. The Bertz CT molecular complexity index is 1220. The van der Waals surface area contributed by atoms with Crippen LogP contribution in [0, 0.1) is 0 Å². The Labute approximate surface area is 175 Å². The Morgan fingerprint density at radius 3 is 2.62 bits per heavy atom. The fraction of sp³-hybridized carbons (Fsp3) is 0.0952. The first-order valence-electron chi connectivity index (χ1n) is 8.85. The normalized spacial score (nSPS) is 10.8. The molecule has 0 fully saturated rings. The second kappa shape index (κ2) is 8.06. The van der Waals surface area contributed by atoms with E-state index in [-0.39, 0.29) is 11.5 Å². The number of carbonyl (C=O) groups excluding carboxylic acids is 1. The highest BCUT2D eigenvalue weighted by Crippen LogP contribution is 2.23. The number of aromatic amines is 1. The molecule has 4 rings (SSSR count). The SMILES string of the molecule is Cn1cc(CNC(=O)c2ccc(Cl)s2)nc1-c1ccc(-c2ccc[nH]c2=O)cc1. The topological polar surface area (TPSA) is 79.8 Å². The number of nitrogens with zero attached hydrogens (tertiary/aromatic N) is 2. The van der Waals surface area contributed by atoms with Gasteiger partial charge in [-0.3, -0.25) is 9.59 Å². The summed E-state index contributed by atoms with van der Waals surface area (Å²) in [6, 6.07) is 14.6. The molecule has 8 heteroatoms. The second-order valence-electron chi connectivity index (χ2n) is 6.44. The summed E-state index contributed by atoms with van der Waals surface area (Å²) in [5, 5.41) is 2.86. The molecule has 3 heterocycles. The van der Waals surface area contributed by atoms with Crippen molar-refractivity contribution in [1.82, 2.24) is 19.9 Å². The van der Waals surface area contributed by atoms with Gasteiger partial charge in [-0.15, -0.1) is 11.3 Å². The average Bonchev–Trinajstić information content (AvgIpc) is 3.32. The minimum absolute atomic E-state index is 0.123. The zero-order valence-corrected chi connectivity index (χ0v) is 17.1. The fourth-order valence-electron chi connectivity index (χ4n) is 3.02. The molecular formula is C21H17ClN4O2S. The maximum absolute atomic E-state index is 12.2. The number of halogens is 1. The van der Waals surface area contributed by atoms with Gasteiger partial charge >= 0.3 is 0 Å². The number of H-pyrrole nitrogens is 1. The minimum Gasteiger partial charge on any atom is -0.346 e. The van der Waals surface area contributed by atoms with Crippen LogP contribution in [-0.2, 0) is 13.6 Å². The number of pyridine rings is 1. The van der Waals surface area contributed by atoms with Gasteiger partial charge in [0.25, 0.3) is 11.5 Å². The average molecular weight is 425 g/mol. The van der Waals surface area contributed by atoms with Crippen molar-refractivity contribution in [2.75, 3.05) is 0 Å². The number of rotatable bonds is 5. The van der Waals surface area contributed by atoms with Gasteiger partial charge in [-0.1, -0.05) is 35.9 Å². The van der Waals surface area contributed by atoms with Crippen LogP contribution in [0.25, 0.3) is 22.5 Å². The van der Waals surface area contributed by atoms with Gasteiger partial charge in [0.2, 0.25) is 0 Å². The molecule has 29 heavy (non-hydrogen) atoms. The monoisotopic (exact) mass is 424 g/mol. The lowest BCUT2D eigenvalue weighted by Crippen LogP contribution is -2.21. The van der Waals surface area contributed by atoms with Crippen molar-refractivity contribution in [3.05, 3.63) is 86.2 Å². The van der Waals surface area contributed by atoms with Crippen LogP contribution in [0.1, 0.15) is 15.4 Å². The Balaban J connectivity index is 1.50. The molecule has 0 atom stereocenters. The maximum Gasteiger partial charge on any atom is 0.261 e. The Hall–Kier alpha value is -3.16. The van der Waals surface area contributed by atoms with Crippen LogP contribution in [0.3, 0.4) is 0 Å². The van der Waals surface area contributed by atoms with E-state index in [1.165, 1.54) is 11.3 Å². The van der Waals surface area contributed by atoms with Crippen molar-refractivity contribution in [3.63, 3.8) is 0 Å². The number of aryl methyl sites for hydroxylation is 1. The molecule has 0 aliphatic carbocycles. The van der Waals surface area contributed by atoms with E-state index in [4.69, 9.17) is 11.6 Å². The lowest BCUT2D eigenvalue weighted by Gasteiger charge is -2.04. The largest absolute Gasteiger partial charge is 0.346 e. The molecule has 0 aliphatic rings. The molecule has 146 valence electrons. The first-order chi connectivity index (χ1) is 14.0. The van der Waals surface area contributed by atoms with E-state index in [9.17, 15) is 9.59 Å². The summed E-state index contributed by atoms with van der Waals surface area (Å²) < 4.78 is 2.49. The molecule has 1 aromatic carbocycles. The summed E-state index contributed by atoms with van der Waals surface area (Å²) in [6.45, 7) is 0.319. The first-order valence-corrected chi connectivity index (χ1v) is 10.0. The Kier molecular flexibility index (Phi) is 5.33. The lowest BCUT2D eigenvalue weighted by molar-refractivity contribution is 0.0954. The Morgan fingerprint density at radius 2 is 1.93 bits per heavy atom. The van der Waals surface area contributed by atoms with Gasteiger partial charge in [0.15, 0.2) is 0 Å². The summed E-state index contributed by atoms with van der Waals surface area (Å²) in [5.41, 5.74) is 3.01. The number of imidazole rings is 1. The molecule has 0 bridgehead atoms. The zero-order chi connectivity index (χ0) is 20.4. The van der Waals surface area contributed by atoms with E-state index in [1.54, 1.807) is 30.5 Å². The van der Waals surface area contributed by atoms with Crippen LogP contribution in [0.2, 0.25) is 4.34 Å². The summed E-state index contributed by atoms with van der Waals surface area (Å²) in [5.74, 6) is 0.605. The minimum atomic E-state index is -0.175. The molecule has 4 aromatic rings. The zero-order valence-electron chi connectivity index (χ0n) is 15.5. The smallest absolute Gasteiger partial charge is 0.261 e. The molecule has 0 aliphatic heterocycles. The first kappa shape index (κ1) is 19.2. The number of nitrogens with one attached hydrogen (secondary N) is 2. The van der Waals surface area contributed by atoms with Gasteiger partial charge in [0, 0.05) is 30.6 Å². The molecule has 0 radical (unpaired) electrons. The van der Waals surface area contributed by atoms with Gasteiger partial charge in [-0.25, -0.2) is 4.98 Å². The van der Waals surface area contributed by atoms with Crippen LogP contribution in [0.15, 0.2) is 65.7 Å². The van der Waals surface area contributed by atoms with Crippen LogP contribution < -0.4 is 10.9 Å². The van der Waals surface area contributed by atoms with E-state index in [2.05, 4.69) is 15.3 Å². The highest BCUT2D eigenvalue weighted by atomic mass is 35.5. The van der Waals surface area contributed by atoms with Gasteiger partial charge in [-0.2, -0.15) is 0 Å². The molecule has 0 saturated carbocycles. The number of thiophene rings is 1. The summed E-state index contributed by atoms with van der Waals surface area (Å²) >= 11 is 7.12. The highest BCUT2D eigenvalue weighted by Gasteiger charge is 2.12. The lowest BCUT2D eigenvalue weighted by atomic mass is 10.1. The number of carbonyl (C=O) groups is 1. The second-order valence-corrected chi connectivity index (χ2v) is 8.16. The quantitative estimate of drug-likeness (QED) is 0.506. The summed E-state index contributed by atoms with van der Waals surface area (Å²) in [7, 11) is 1.91. The molecule has 2 N–H and O–H groups in total. The van der Waals surface area contributed by atoms with Gasteiger partial charge in [-0.05, 0) is 29.8 Å². The third kappa shape index (κ3) is 4.16. The third-order valence-corrected chi connectivity index (χ3v) is 5.66. The van der Waals surface area contributed by atoms with Crippen LogP contribution >= 0.6 is 22.9 Å².